The van der Waals surface area contributed by atoms with E-state index in [0.717, 1.165) is 0 Å². The summed E-state index contributed by atoms with van der Waals surface area (Å²) in [4.78, 5) is 0. The minimum atomic E-state index is 0. The fraction of sp³-hybridized carbons (Fsp3) is 0. The predicted octanol–water partition coefficient (Wildman–Crippen LogP) is 1.85. The quantitative estimate of drug-likeness (QED) is 0.399. The summed E-state index contributed by atoms with van der Waals surface area (Å²) >= 11 is 0. The molecule has 0 nitrogen and oxygen atoms in total. The van der Waals surface area contributed by atoms with Gasteiger partial charge in [-0.2, -0.15) is 0 Å². The van der Waals surface area contributed by atoms with Gasteiger partial charge in [0.25, 0.3) is 0 Å². The molecule has 32 valence electrons. The Morgan fingerprint density at radius 1 is 0.500 bits per heavy atom. The number of hydrogen-bond donors (Lipinski definition) is 0. The molecule has 0 bridgehead atoms. The van der Waals surface area contributed by atoms with Crippen LogP contribution in [0.25, 0.3) is 0 Å². The minimum Gasteiger partial charge on any atom is -0.107 e. The molecule has 0 aliphatic heterocycles. The average molecular weight is 440 g/mol. The molecule has 0 aliphatic rings. The van der Waals surface area contributed by atoms with Crippen LogP contribution in [0.1, 0.15) is 0 Å². The topological polar surface area (TPSA) is 0 Å². The van der Waals surface area contributed by atoms with Crippen LogP contribution in [-0.4, -0.2) is 0 Å². The maximum atomic E-state index is 0. The van der Waals surface area contributed by atoms with Gasteiger partial charge in [-0.15, -0.1) is 71.9 Å². The van der Waals surface area contributed by atoms with Crippen LogP contribution >= 0.6 is 71.9 Å². The van der Waals surface area contributed by atoms with Crippen LogP contribution in [0, 0.1) is 0 Å². The van der Waals surface area contributed by atoms with Gasteiger partial charge in [0.2, 0.25) is 0 Å². The summed E-state index contributed by atoms with van der Waals surface area (Å²) < 4.78 is 0. The van der Waals surface area contributed by atoms with Crippen molar-refractivity contribution < 1.29 is 17.1 Å². The van der Waals surface area contributed by atoms with Crippen LogP contribution < -0.4 is 0 Å². The Labute approximate surface area is 87.4 Å². The van der Waals surface area contributed by atoms with Gasteiger partial charge in [0.1, 0.15) is 0 Å². The molecular formula is H3FeI3. The molecule has 0 radical (unpaired) electrons. The molecule has 4 heteroatoms. The van der Waals surface area contributed by atoms with Crippen molar-refractivity contribution in [3.05, 3.63) is 0 Å². The van der Waals surface area contributed by atoms with Crippen molar-refractivity contribution in [2.24, 2.45) is 0 Å². The van der Waals surface area contributed by atoms with E-state index in [1.807, 2.05) is 0 Å². The molecule has 0 saturated carbocycles. The van der Waals surface area contributed by atoms with Gasteiger partial charge in [0.05, 0.1) is 0 Å². The van der Waals surface area contributed by atoms with Crippen molar-refractivity contribution >= 4 is 71.9 Å². The van der Waals surface area contributed by atoms with Gasteiger partial charge in [-0.25, -0.2) is 0 Å². The summed E-state index contributed by atoms with van der Waals surface area (Å²) in [5.41, 5.74) is 0. The van der Waals surface area contributed by atoms with Crippen molar-refractivity contribution in [1.29, 1.82) is 0 Å². The molecule has 0 saturated heterocycles. The van der Waals surface area contributed by atoms with E-state index in [-0.39, 0.29) is 89.0 Å². The molecule has 0 heterocycles. The fourth-order valence-electron chi connectivity index (χ4n) is 0. The van der Waals surface area contributed by atoms with Crippen molar-refractivity contribution in [3.8, 4) is 0 Å². The van der Waals surface area contributed by atoms with Gasteiger partial charge in [-0.05, 0) is 0 Å². The van der Waals surface area contributed by atoms with Crippen LogP contribution in [-0.2, 0) is 17.1 Å². The molecule has 0 unspecified atom stereocenters. The van der Waals surface area contributed by atoms with Crippen molar-refractivity contribution in [2.45, 2.75) is 0 Å². The Kier molecular flexibility index (Phi) is 128. The summed E-state index contributed by atoms with van der Waals surface area (Å²) in [5, 5.41) is 0. The van der Waals surface area contributed by atoms with E-state index in [4.69, 9.17) is 0 Å². The zero-order chi connectivity index (χ0) is 0. The summed E-state index contributed by atoms with van der Waals surface area (Å²) in [7, 11) is 0. The third-order valence-corrected chi connectivity index (χ3v) is 0. The maximum absolute atomic E-state index is 0. The molecule has 0 amide bonds. The molecule has 4 heavy (non-hydrogen) atoms. The minimum absolute atomic E-state index is 0. The Morgan fingerprint density at radius 3 is 0.500 bits per heavy atom. The summed E-state index contributed by atoms with van der Waals surface area (Å²) in [6, 6.07) is 0. The first-order valence-electron chi connectivity index (χ1n) is 0. The van der Waals surface area contributed by atoms with Crippen LogP contribution in [0.2, 0.25) is 0 Å². The first-order valence-corrected chi connectivity index (χ1v) is 0. The molecule has 0 rings (SSSR count). The van der Waals surface area contributed by atoms with Crippen LogP contribution in [0.3, 0.4) is 0 Å². The van der Waals surface area contributed by atoms with E-state index in [9.17, 15) is 0 Å². The SMILES string of the molecule is I.I.I.[Fe]. The Bertz CT molecular complexity index is 3.25. The smallest absolute Gasteiger partial charge is 0 e. The van der Waals surface area contributed by atoms with Gasteiger partial charge >= 0.3 is 0 Å². The zero-order valence-electron chi connectivity index (χ0n) is 1.58. The fourth-order valence-corrected chi connectivity index (χ4v) is 0. The molecule has 0 aromatic carbocycles. The molecule has 0 atom stereocenters. The van der Waals surface area contributed by atoms with Crippen molar-refractivity contribution in [3.63, 3.8) is 0 Å². The standard InChI is InChI=1S/Fe.3HI/h;3*1H. The van der Waals surface area contributed by atoms with Crippen LogP contribution in [0.15, 0.2) is 0 Å². The first kappa shape index (κ1) is 29.8. The summed E-state index contributed by atoms with van der Waals surface area (Å²) in [6.45, 7) is 0. The summed E-state index contributed by atoms with van der Waals surface area (Å²) in [6.07, 6.45) is 0. The normalized spacial score (nSPS) is 0. The van der Waals surface area contributed by atoms with Crippen molar-refractivity contribution in [2.75, 3.05) is 0 Å². The molecule has 0 aliphatic carbocycles. The molecule has 0 aromatic rings. The van der Waals surface area contributed by atoms with Gasteiger partial charge in [-0.3, -0.25) is 0 Å². The molecule has 0 N–H and O–H groups in total. The first-order chi connectivity index (χ1) is 0. The zero-order valence-corrected chi connectivity index (χ0v) is 9.67. The average Bonchev–Trinajstić information content (AvgIpc) is 0. The largest absolute Gasteiger partial charge is 0.107 e. The van der Waals surface area contributed by atoms with E-state index in [1.165, 1.54) is 0 Å². The Morgan fingerprint density at radius 2 is 0.500 bits per heavy atom. The predicted molar refractivity (Wildman–Crippen MR) is 46.2 cm³/mol. The summed E-state index contributed by atoms with van der Waals surface area (Å²) in [5.74, 6) is 0. The second-order valence-corrected chi connectivity index (χ2v) is 0. The maximum Gasteiger partial charge on any atom is 0 e. The van der Waals surface area contributed by atoms with Crippen molar-refractivity contribution in [1.82, 2.24) is 0 Å². The second kappa shape index (κ2) is 17.2. The van der Waals surface area contributed by atoms with Crippen LogP contribution in [0.5, 0.6) is 0 Å². The van der Waals surface area contributed by atoms with Gasteiger partial charge in [-0.1, -0.05) is 0 Å². The van der Waals surface area contributed by atoms with Gasteiger partial charge in [0.15, 0.2) is 0 Å². The Hall–Kier alpha value is 2.71. The number of rotatable bonds is 0. The third-order valence-electron chi connectivity index (χ3n) is 0. The van der Waals surface area contributed by atoms with E-state index in [0.29, 0.717) is 0 Å². The number of halogens is 3. The van der Waals surface area contributed by atoms with E-state index in [2.05, 4.69) is 0 Å². The van der Waals surface area contributed by atoms with E-state index >= 15 is 0 Å². The molecule has 0 aromatic heterocycles. The van der Waals surface area contributed by atoms with E-state index < -0.39 is 0 Å². The molecule has 0 spiro atoms. The van der Waals surface area contributed by atoms with Crippen LogP contribution in [0.4, 0.5) is 0 Å². The van der Waals surface area contributed by atoms with E-state index in [1.54, 1.807) is 0 Å². The monoisotopic (exact) mass is 440 g/mol. The van der Waals surface area contributed by atoms with Gasteiger partial charge in [0, 0.05) is 17.1 Å². The second-order valence-electron chi connectivity index (χ2n) is 0. The third kappa shape index (κ3) is 8.83. The Balaban J connectivity index is 0. The molecule has 0 fully saturated rings. The van der Waals surface area contributed by atoms with Gasteiger partial charge < -0.3 is 0 Å². The molecular weight excluding hydrogens is 437 g/mol. The number of hydrogen-bond acceptors (Lipinski definition) is 0.